The lowest BCUT2D eigenvalue weighted by molar-refractivity contribution is -0.143. The normalized spacial score (nSPS) is 17.6. The molecule has 0 radical (unpaired) electrons. The molecule has 4 heterocycles. The van der Waals surface area contributed by atoms with Crippen LogP contribution in [-0.4, -0.2) is 50.8 Å². The predicted octanol–water partition coefficient (Wildman–Crippen LogP) is 6.20. The first-order chi connectivity index (χ1) is 28.7. The number of fused-ring (bicyclic) bond motifs is 2. The number of nitriles is 2. The fourth-order valence-electron chi connectivity index (χ4n) is 7.20. The zero-order chi connectivity index (χ0) is 43.6. The lowest BCUT2D eigenvalue weighted by atomic mass is 9.81. The number of nitrogens with two attached hydrogens (primary N) is 2. The molecule has 0 amide bonds. The second-order valence-electron chi connectivity index (χ2n) is 14.4. The summed E-state index contributed by atoms with van der Waals surface area (Å²) in [6.45, 7) is 7.06. The molecule has 2 aromatic heterocycles. The minimum atomic E-state index is -1.00. The van der Waals surface area contributed by atoms with Crippen molar-refractivity contribution in [1.29, 1.82) is 10.5 Å². The Balaban J connectivity index is 0.000000202. The average Bonchev–Trinajstić information content (AvgIpc) is 3.77. The SMILES string of the molecule is COC(=O)C1=C(C)NC(N)=C(C(=O)OC(C)C)C1c1csc2c(C#N)cccc12.COC(=O)C1=C(C)NC(N)=C(C(=O)OCC2CC2)C1c1csc2c(C#N)ccc(F)c12. The molecule has 17 heteroatoms. The Kier molecular flexibility index (Phi) is 12.6. The zero-order valence-electron chi connectivity index (χ0n) is 33.5. The number of hydrogen-bond donors (Lipinski definition) is 4. The van der Waals surface area contributed by atoms with Crippen LogP contribution in [0.15, 0.2) is 86.4 Å². The van der Waals surface area contributed by atoms with E-state index in [1.165, 1.54) is 49.0 Å². The van der Waals surface area contributed by atoms with Crippen LogP contribution in [0.4, 0.5) is 4.39 Å². The summed E-state index contributed by atoms with van der Waals surface area (Å²) in [5, 5.41) is 29.0. The number of methoxy groups -OCH3 is 2. The number of carbonyl (C=O) groups excluding carboxylic acids is 4. The van der Waals surface area contributed by atoms with E-state index >= 15 is 0 Å². The van der Waals surface area contributed by atoms with Gasteiger partial charge in [-0.05, 0) is 91.9 Å². The van der Waals surface area contributed by atoms with Gasteiger partial charge in [-0.3, -0.25) is 0 Å². The summed E-state index contributed by atoms with van der Waals surface area (Å²) in [7, 11) is 2.51. The number of allylic oxidation sites excluding steroid dienone is 2. The fraction of sp³-hybridized carbons (Fsp3) is 0.302. The van der Waals surface area contributed by atoms with Gasteiger partial charge in [-0.1, -0.05) is 12.1 Å². The van der Waals surface area contributed by atoms with Gasteiger partial charge < -0.3 is 41.0 Å². The summed E-state index contributed by atoms with van der Waals surface area (Å²) in [6, 6.07) is 12.2. The molecule has 2 aliphatic heterocycles. The molecule has 14 nitrogen and oxygen atoms in total. The number of esters is 4. The average molecular weight is 853 g/mol. The Morgan fingerprint density at radius 1 is 0.783 bits per heavy atom. The Bertz CT molecular complexity index is 2670. The van der Waals surface area contributed by atoms with Crippen molar-refractivity contribution in [3.8, 4) is 12.1 Å². The van der Waals surface area contributed by atoms with Gasteiger partial charge in [0, 0.05) is 16.8 Å². The molecule has 7 rings (SSSR count). The Hall–Kier alpha value is -6.69. The summed E-state index contributed by atoms with van der Waals surface area (Å²) >= 11 is 2.54. The van der Waals surface area contributed by atoms with Gasteiger partial charge >= 0.3 is 23.9 Å². The van der Waals surface area contributed by atoms with Gasteiger partial charge in [0.05, 0.1) is 81.6 Å². The number of halogens is 1. The van der Waals surface area contributed by atoms with Gasteiger partial charge in [-0.15, -0.1) is 22.7 Å². The zero-order valence-corrected chi connectivity index (χ0v) is 35.1. The van der Waals surface area contributed by atoms with E-state index < -0.39 is 41.5 Å². The summed E-state index contributed by atoms with van der Waals surface area (Å²) in [6.07, 6.45) is 1.63. The van der Waals surface area contributed by atoms with Crippen LogP contribution in [0.1, 0.15) is 74.6 Å². The summed E-state index contributed by atoms with van der Waals surface area (Å²) in [5.74, 6) is -4.38. The molecule has 3 aliphatic rings. The van der Waals surface area contributed by atoms with Crippen molar-refractivity contribution >= 4 is 66.7 Å². The molecule has 2 aromatic carbocycles. The maximum absolute atomic E-state index is 14.9. The second-order valence-corrected chi connectivity index (χ2v) is 16.2. The Labute approximate surface area is 352 Å². The standard InChI is InChI=1S/C22H20FN3O4S.C21H21N3O4S/c1-10-15(21(27)29-2)17(18(20(25)26-10)22(28)30-8-11-3-4-11)13-9-31-19-12(7-24)5-6-14(23)16(13)19;1-10(2)28-21(26)17-16(15(20(25)27-4)11(3)24-19(17)23)14-9-29-18-12(8-22)6-5-7-13(14)18/h5-6,9,11,17,26H,3-4,8,25H2,1-2H3;5-7,9-10,16,24H,23H2,1-4H3. The van der Waals surface area contributed by atoms with Gasteiger partial charge in [0.2, 0.25) is 0 Å². The number of nitrogens with one attached hydrogen (secondary N) is 2. The van der Waals surface area contributed by atoms with E-state index in [2.05, 4.69) is 16.7 Å². The monoisotopic (exact) mass is 852 g/mol. The van der Waals surface area contributed by atoms with Crippen molar-refractivity contribution in [2.24, 2.45) is 17.4 Å². The van der Waals surface area contributed by atoms with Crippen molar-refractivity contribution < 1.29 is 42.5 Å². The topological polar surface area (TPSA) is 229 Å². The highest BCUT2D eigenvalue weighted by molar-refractivity contribution is 7.18. The lowest BCUT2D eigenvalue weighted by Crippen LogP contribution is -2.36. The first-order valence-electron chi connectivity index (χ1n) is 18.7. The van der Waals surface area contributed by atoms with E-state index in [1.807, 2.05) is 17.5 Å². The van der Waals surface area contributed by atoms with Crippen molar-refractivity contribution in [3.63, 3.8) is 0 Å². The Morgan fingerprint density at radius 2 is 1.32 bits per heavy atom. The minimum absolute atomic E-state index is 0.0214. The molecule has 6 N–H and O–H groups in total. The van der Waals surface area contributed by atoms with Crippen LogP contribution in [0.3, 0.4) is 0 Å². The van der Waals surface area contributed by atoms with Gasteiger partial charge in [0.25, 0.3) is 0 Å². The molecule has 60 heavy (non-hydrogen) atoms. The molecule has 0 bridgehead atoms. The van der Waals surface area contributed by atoms with E-state index in [0.29, 0.717) is 44.3 Å². The maximum atomic E-state index is 14.9. The molecule has 310 valence electrons. The van der Waals surface area contributed by atoms with Gasteiger partial charge in [-0.2, -0.15) is 10.5 Å². The molecular weight excluding hydrogens is 812 g/mol. The highest BCUT2D eigenvalue weighted by Gasteiger charge is 2.42. The van der Waals surface area contributed by atoms with Crippen LogP contribution >= 0.6 is 22.7 Å². The highest BCUT2D eigenvalue weighted by Crippen LogP contribution is 2.46. The fourth-order valence-corrected chi connectivity index (χ4v) is 9.33. The largest absolute Gasteiger partial charge is 0.466 e. The molecule has 1 aliphatic carbocycles. The number of benzene rings is 2. The third-order valence-electron chi connectivity index (χ3n) is 10.1. The highest BCUT2D eigenvalue weighted by atomic mass is 32.1. The smallest absolute Gasteiger partial charge is 0.338 e. The van der Waals surface area contributed by atoms with Gasteiger partial charge in [-0.25, -0.2) is 23.6 Å². The van der Waals surface area contributed by atoms with Crippen LogP contribution in [0.2, 0.25) is 0 Å². The van der Waals surface area contributed by atoms with Crippen LogP contribution in [0.25, 0.3) is 20.2 Å². The minimum Gasteiger partial charge on any atom is -0.466 e. The summed E-state index contributed by atoms with van der Waals surface area (Å²) < 4.78 is 36.9. The third kappa shape index (κ3) is 8.14. The van der Waals surface area contributed by atoms with Gasteiger partial charge in [0.1, 0.15) is 29.6 Å². The first kappa shape index (κ1) is 42.9. The van der Waals surface area contributed by atoms with Crippen molar-refractivity contribution in [2.75, 3.05) is 20.8 Å². The number of rotatable bonds is 9. The Morgan fingerprint density at radius 3 is 1.87 bits per heavy atom. The van der Waals surface area contributed by atoms with Crippen molar-refractivity contribution in [2.45, 2.75) is 58.5 Å². The molecule has 2 atom stereocenters. The van der Waals surface area contributed by atoms with Crippen LogP contribution < -0.4 is 22.1 Å². The number of carbonyl (C=O) groups is 4. The summed E-state index contributed by atoms with van der Waals surface area (Å²) in [4.78, 5) is 51.3. The lowest BCUT2D eigenvalue weighted by Gasteiger charge is -2.29. The molecule has 0 saturated heterocycles. The molecular formula is C43H41FN6O8S2. The number of dihydropyridines is 2. The molecule has 1 fully saturated rings. The van der Waals surface area contributed by atoms with Crippen LogP contribution in [-0.2, 0) is 38.1 Å². The first-order valence-corrected chi connectivity index (χ1v) is 20.4. The number of nitrogens with zero attached hydrogens (tertiary/aromatic N) is 2. The predicted molar refractivity (Wildman–Crippen MR) is 222 cm³/mol. The second kappa shape index (κ2) is 17.7. The maximum Gasteiger partial charge on any atom is 0.338 e. The summed E-state index contributed by atoms with van der Waals surface area (Å²) in [5.41, 5.74) is 15.7. The van der Waals surface area contributed by atoms with E-state index in [4.69, 9.17) is 30.4 Å². The molecule has 0 spiro atoms. The van der Waals surface area contributed by atoms with E-state index in [9.17, 15) is 34.1 Å². The van der Waals surface area contributed by atoms with E-state index in [-0.39, 0.29) is 52.0 Å². The van der Waals surface area contributed by atoms with Gasteiger partial charge in [0.15, 0.2) is 0 Å². The van der Waals surface area contributed by atoms with Crippen LogP contribution in [0.5, 0.6) is 0 Å². The number of ether oxygens (including phenoxy) is 4. The van der Waals surface area contributed by atoms with Crippen LogP contribution in [0, 0.1) is 34.4 Å². The number of hydrogen-bond acceptors (Lipinski definition) is 16. The quantitative estimate of drug-likeness (QED) is 0.109. The third-order valence-corrected chi connectivity index (χ3v) is 12.2. The molecule has 4 aromatic rings. The molecule has 2 unspecified atom stereocenters. The van der Waals surface area contributed by atoms with E-state index in [1.54, 1.807) is 45.2 Å². The van der Waals surface area contributed by atoms with Crippen molar-refractivity contribution in [3.05, 3.63) is 114 Å². The van der Waals surface area contributed by atoms with Crippen molar-refractivity contribution in [1.82, 2.24) is 10.6 Å². The van der Waals surface area contributed by atoms with E-state index in [0.717, 1.165) is 22.9 Å². The number of thiophene rings is 2. The molecule has 1 saturated carbocycles.